The van der Waals surface area contributed by atoms with E-state index in [1.165, 1.54) is 16.9 Å². The van der Waals surface area contributed by atoms with Crippen molar-refractivity contribution < 1.29 is 9.53 Å². The number of pyridine rings is 1. The third-order valence-electron chi connectivity index (χ3n) is 3.64. The number of hydrogen-bond donors (Lipinski definition) is 0. The molecule has 0 aliphatic carbocycles. The van der Waals surface area contributed by atoms with Crippen LogP contribution in [-0.4, -0.2) is 41.3 Å². The molecular weight excluding hydrogens is 336 g/mol. The number of aromatic nitrogens is 3. The van der Waals surface area contributed by atoms with Crippen LogP contribution in [0.5, 0.6) is 0 Å². The molecule has 3 rings (SSSR count). The minimum absolute atomic E-state index is 0.147. The van der Waals surface area contributed by atoms with E-state index in [2.05, 4.69) is 15.2 Å². The Hall–Kier alpha value is -2.64. The van der Waals surface area contributed by atoms with Crippen molar-refractivity contribution in [3.63, 3.8) is 0 Å². The Morgan fingerprint density at radius 2 is 1.84 bits per heavy atom. The molecule has 0 aliphatic heterocycles. The quantitative estimate of drug-likeness (QED) is 0.680. The third-order valence-corrected chi connectivity index (χ3v) is 4.63. The fourth-order valence-electron chi connectivity index (χ4n) is 2.25. The lowest BCUT2D eigenvalue weighted by molar-refractivity contribution is 0.0975. The topological polar surface area (TPSA) is 68.2 Å². The summed E-state index contributed by atoms with van der Waals surface area (Å²) in [6.45, 7) is 2.85. The summed E-state index contributed by atoms with van der Waals surface area (Å²) in [6.07, 6.45) is 3.19. The van der Waals surface area contributed by atoms with Gasteiger partial charge in [0.25, 0.3) is 5.91 Å². The zero-order valence-electron chi connectivity index (χ0n) is 14.0. The molecule has 1 aromatic carbocycles. The van der Waals surface area contributed by atoms with Crippen LogP contribution in [-0.2, 0) is 4.74 Å². The average Bonchev–Trinajstić information content (AvgIpc) is 3.13. The highest BCUT2D eigenvalue weighted by Gasteiger charge is 2.21. The van der Waals surface area contributed by atoms with Gasteiger partial charge in [-0.1, -0.05) is 41.2 Å². The van der Waals surface area contributed by atoms with Gasteiger partial charge in [0, 0.05) is 30.6 Å². The number of nitrogens with zero attached hydrogens (tertiary/aromatic N) is 4. The van der Waals surface area contributed by atoms with Gasteiger partial charge in [0.1, 0.15) is 5.01 Å². The van der Waals surface area contributed by atoms with Crippen LogP contribution in [0, 0.1) is 6.92 Å². The first-order chi connectivity index (χ1) is 12.2. The number of amides is 1. The Morgan fingerprint density at radius 1 is 1.12 bits per heavy atom. The molecule has 0 fully saturated rings. The summed E-state index contributed by atoms with van der Waals surface area (Å²) >= 11 is 1.39. The maximum atomic E-state index is 12.8. The largest absolute Gasteiger partial charge is 0.383 e. The van der Waals surface area contributed by atoms with Crippen molar-refractivity contribution in [2.24, 2.45) is 0 Å². The molecule has 6 nitrogen and oxygen atoms in total. The van der Waals surface area contributed by atoms with E-state index < -0.39 is 0 Å². The Kier molecular flexibility index (Phi) is 5.47. The summed E-state index contributed by atoms with van der Waals surface area (Å²) in [4.78, 5) is 18.4. The minimum Gasteiger partial charge on any atom is -0.383 e. The first kappa shape index (κ1) is 17.2. The Labute approximate surface area is 150 Å². The maximum Gasteiger partial charge on any atom is 0.260 e. The molecule has 0 spiro atoms. The zero-order chi connectivity index (χ0) is 17.6. The van der Waals surface area contributed by atoms with Gasteiger partial charge in [-0.2, -0.15) is 0 Å². The predicted molar refractivity (Wildman–Crippen MR) is 97.9 cm³/mol. The van der Waals surface area contributed by atoms with Crippen LogP contribution < -0.4 is 4.90 Å². The van der Waals surface area contributed by atoms with E-state index in [9.17, 15) is 4.79 Å². The van der Waals surface area contributed by atoms with Gasteiger partial charge in [-0.25, -0.2) is 0 Å². The van der Waals surface area contributed by atoms with E-state index in [0.29, 0.717) is 23.8 Å². The van der Waals surface area contributed by atoms with E-state index in [1.54, 1.807) is 36.5 Å². The normalized spacial score (nSPS) is 10.6. The Bertz CT molecular complexity index is 834. The van der Waals surface area contributed by atoms with Crippen molar-refractivity contribution in [1.29, 1.82) is 0 Å². The number of ether oxygens (including phenoxy) is 1. The lowest BCUT2D eigenvalue weighted by Gasteiger charge is -2.18. The number of anilines is 1. The smallest absolute Gasteiger partial charge is 0.260 e. The van der Waals surface area contributed by atoms with Crippen LogP contribution in [0.2, 0.25) is 0 Å². The second-order valence-electron chi connectivity index (χ2n) is 5.44. The first-order valence-corrected chi connectivity index (χ1v) is 8.62. The number of hydrogen-bond acceptors (Lipinski definition) is 6. The van der Waals surface area contributed by atoms with Gasteiger partial charge >= 0.3 is 0 Å². The van der Waals surface area contributed by atoms with Gasteiger partial charge in [-0.15, -0.1) is 10.2 Å². The second-order valence-corrected chi connectivity index (χ2v) is 6.40. The molecule has 0 radical (unpaired) electrons. The van der Waals surface area contributed by atoms with Crippen LogP contribution in [0.3, 0.4) is 0 Å². The van der Waals surface area contributed by atoms with E-state index >= 15 is 0 Å². The predicted octanol–water partition coefficient (Wildman–Crippen LogP) is 3.20. The average molecular weight is 354 g/mol. The number of carbonyl (C=O) groups excluding carboxylic acids is 1. The SMILES string of the molecule is COCCN(C(=O)c1ccncc1)c1nnc(-c2ccc(C)cc2)s1. The summed E-state index contributed by atoms with van der Waals surface area (Å²) < 4.78 is 5.13. The van der Waals surface area contributed by atoms with E-state index in [-0.39, 0.29) is 5.91 Å². The van der Waals surface area contributed by atoms with E-state index in [4.69, 9.17) is 4.74 Å². The molecule has 0 saturated heterocycles. The first-order valence-electron chi connectivity index (χ1n) is 7.80. The van der Waals surface area contributed by atoms with Crippen LogP contribution in [0.4, 0.5) is 5.13 Å². The molecule has 0 unspecified atom stereocenters. The molecule has 2 heterocycles. The minimum atomic E-state index is -0.147. The van der Waals surface area contributed by atoms with Crippen LogP contribution in [0.1, 0.15) is 15.9 Å². The fourth-order valence-corrected chi connectivity index (χ4v) is 3.13. The summed E-state index contributed by atoms with van der Waals surface area (Å²) in [5, 5.41) is 9.79. The van der Waals surface area contributed by atoms with Crippen molar-refractivity contribution in [3.05, 3.63) is 59.9 Å². The van der Waals surface area contributed by atoms with Crippen molar-refractivity contribution in [1.82, 2.24) is 15.2 Å². The number of benzene rings is 1. The Morgan fingerprint density at radius 3 is 2.52 bits per heavy atom. The summed E-state index contributed by atoms with van der Waals surface area (Å²) in [5.41, 5.74) is 2.72. The van der Waals surface area contributed by atoms with Gasteiger partial charge < -0.3 is 4.74 Å². The van der Waals surface area contributed by atoms with Gasteiger partial charge in [-0.3, -0.25) is 14.7 Å². The van der Waals surface area contributed by atoms with Crippen LogP contribution in [0.15, 0.2) is 48.8 Å². The van der Waals surface area contributed by atoms with E-state index in [0.717, 1.165) is 10.6 Å². The number of rotatable bonds is 6. The molecule has 0 bridgehead atoms. The van der Waals surface area contributed by atoms with E-state index in [1.807, 2.05) is 31.2 Å². The summed E-state index contributed by atoms with van der Waals surface area (Å²) in [5.74, 6) is -0.147. The fraction of sp³-hybridized carbons (Fsp3) is 0.222. The molecule has 1 amide bonds. The molecule has 25 heavy (non-hydrogen) atoms. The molecule has 0 aliphatic rings. The van der Waals surface area contributed by atoms with Crippen LogP contribution >= 0.6 is 11.3 Å². The third kappa shape index (κ3) is 4.07. The number of methoxy groups -OCH3 is 1. The Balaban J connectivity index is 1.89. The van der Waals surface area contributed by atoms with Crippen molar-refractivity contribution >= 4 is 22.4 Å². The molecule has 128 valence electrons. The monoisotopic (exact) mass is 354 g/mol. The second kappa shape index (κ2) is 7.96. The van der Waals surface area contributed by atoms with Crippen molar-refractivity contribution in [2.45, 2.75) is 6.92 Å². The highest BCUT2D eigenvalue weighted by molar-refractivity contribution is 7.18. The molecule has 0 atom stereocenters. The number of aryl methyl sites for hydroxylation is 1. The standard InChI is InChI=1S/C18H18N4O2S/c1-13-3-5-14(6-4-13)16-20-21-18(25-16)22(11-12-24-2)17(23)15-7-9-19-10-8-15/h3-10H,11-12H2,1-2H3. The van der Waals surface area contributed by atoms with Gasteiger partial charge in [-0.05, 0) is 19.1 Å². The molecule has 7 heteroatoms. The lowest BCUT2D eigenvalue weighted by Crippen LogP contribution is -2.33. The highest BCUT2D eigenvalue weighted by Crippen LogP contribution is 2.29. The van der Waals surface area contributed by atoms with Crippen LogP contribution in [0.25, 0.3) is 10.6 Å². The molecule has 3 aromatic rings. The maximum absolute atomic E-state index is 12.8. The summed E-state index contributed by atoms with van der Waals surface area (Å²) in [7, 11) is 1.60. The van der Waals surface area contributed by atoms with Gasteiger partial charge in [0.05, 0.1) is 13.2 Å². The molecule has 2 aromatic heterocycles. The molecular formula is C18H18N4O2S. The highest BCUT2D eigenvalue weighted by atomic mass is 32.1. The lowest BCUT2D eigenvalue weighted by atomic mass is 10.2. The van der Waals surface area contributed by atoms with Gasteiger partial charge in [0.2, 0.25) is 5.13 Å². The van der Waals surface area contributed by atoms with Crippen molar-refractivity contribution in [3.8, 4) is 10.6 Å². The van der Waals surface area contributed by atoms with Gasteiger partial charge in [0.15, 0.2) is 0 Å². The van der Waals surface area contributed by atoms with Crippen molar-refractivity contribution in [2.75, 3.05) is 25.2 Å². The summed E-state index contributed by atoms with van der Waals surface area (Å²) in [6, 6.07) is 11.4. The number of carbonyl (C=O) groups is 1. The molecule has 0 N–H and O–H groups in total. The zero-order valence-corrected chi connectivity index (χ0v) is 14.9. The molecule has 0 saturated carbocycles.